The summed E-state index contributed by atoms with van der Waals surface area (Å²) < 4.78 is 37.8. The van der Waals surface area contributed by atoms with E-state index in [9.17, 15) is 18.0 Å². The van der Waals surface area contributed by atoms with Crippen LogP contribution in [0.2, 0.25) is 5.02 Å². The van der Waals surface area contributed by atoms with Crippen molar-refractivity contribution in [2.24, 2.45) is 0 Å². The molecule has 0 aromatic heterocycles. The van der Waals surface area contributed by atoms with Crippen LogP contribution in [0, 0.1) is 0 Å². The molecule has 0 unspecified atom stereocenters. The number of hydrogen-bond donors (Lipinski definition) is 2. The number of anilines is 1. The summed E-state index contributed by atoms with van der Waals surface area (Å²) in [5, 5.41) is 6.05. The van der Waals surface area contributed by atoms with Crippen molar-refractivity contribution < 1.29 is 18.0 Å². The predicted octanol–water partition coefficient (Wildman–Crippen LogP) is 4.13. The van der Waals surface area contributed by atoms with Crippen molar-refractivity contribution in [3.8, 4) is 0 Å². The maximum atomic E-state index is 12.6. The molecule has 0 bridgehead atoms. The van der Waals surface area contributed by atoms with Crippen molar-refractivity contribution in [2.75, 3.05) is 18.4 Å². The Bertz CT molecular complexity index is 687. The molecule has 7 heteroatoms. The largest absolute Gasteiger partial charge is 0.416 e. The standard InChI is InChI=1S/C17H16ClF3N2O/c18-14-6-4-12(5-7-14)8-9-22-11-16(24)23-15-3-1-2-13(10-15)17(19,20)21/h1-7,10,22H,8-9,11H2,(H,23,24). The normalized spacial score (nSPS) is 11.3. The molecule has 2 aromatic rings. The number of carbonyl (C=O) groups is 1. The van der Waals surface area contributed by atoms with Crippen molar-refractivity contribution in [3.05, 3.63) is 64.7 Å². The van der Waals surface area contributed by atoms with Gasteiger partial charge < -0.3 is 10.6 Å². The van der Waals surface area contributed by atoms with Crippen LogP contribution in [0.4, 0.5) is 18.9 Å². The summed E-state index contributed by atoms with van der Waals surface area (Å²) in [6.07, 6.45) is -3.72. The van der Waals surface area contributed by atoms with E-state index in [1.165, 1.54) is 12.1 Å². The van der Waals surface area contributed by atoms with Crippen molar-refractivity contribution in [2.45, 2.75) is 12.6 Å². The number of hydrogen-bond acceptors (Lipinski definition) is 2. The van der Waals surface area contributed by atoms with Gasteiger partial charge in [0, 0.05) is 10.7 Å². The third-order valence-electron chi connectivity index (χ3n) is 3.26. The van der Waals surface area contributed by atoms with Crippen LogP contribution in [0.3, 0.4) is 0 Å². The minimum absolute atomic E-state index is 0.0177. The zero-order valence-electron chi connectivity index (χ0n) is 12.7. The van der Waals surface area contributed by atoms with Crippen LogP contribution in [0.5, 0.6) is 0 Å². The number of amides is 1. The van der Waals surface area contributed by atoms with Crippen LogP contribution >= 0.6 is 11.6 Å². The van der Waals surface area contributed by atoms with E-state index in [2.05, 4.69) is 10.6 Å². The number of halogens is 4. The molecule has 0 saturated heterocycles. The lowest BCUT2D eigenvalue weighted by Crippen LogP contribution is -2.29. The molecular weight excluding hydrogens is 341 g/mol. The monoisotopic (exact) mass is 356 g/mol. The van der Waals surface area contributed by atoms with Gasteiger partial charge in [-0.05, 0) is 48.9 Å². The summed E-state index contributed by atoms with van der Waals surface area (Å²) in [7, 11) is 0. The second-order valence-electron chi connectivity index (χ2n) is 5.18. The van der Waals surface area contributed by atoms with E-state index >= 15 is 0 Å². The topological polar surface area (TPSA) is 41.1 Å². The first kappa shape index (κ1) is 18.3. The number of benzene rings is 2. The van der Waals surface area contributed by atoms with Crippen molar-refractivity contribution in [1.29, 1.82) is 0 Å². The van der Waals surface area contributed by atoms with Crippen molar-refractivity contribution >= 4 is 23.2 Å². The van der Waals surface area contributed by atoms with Crippen molar-refractivity contribution in [1.82, 2.24) is 5.32 Å². The predicted molar refractivity (Wildman–Crippen MR) is 88.1 cm³/mol. The summed E-state index contributed by atoms with van der Waals surface area (Å²) in [4.78, 5) is 11.8. The van der Waals surface area contributed by atoms with Crippen LogP contribution in [0.25, 0.3) is 0 Å². The molecule has 0 spiro atoms. The highest BCUT2D eigenvalue weighted by molar-refractivity contribution is 6.30. The van der Waals surface area contributed by atoms with Gasteiger partial charge in [0.2, 0.25) is 5.91 Å². The second kappa shape index (κ2) is 8.17. The minimum atomic E-state index is -4.43. The molecule has 128 valence electrons. The zero-order valence-corrected chi connectivity index (χ0v) is 13.4. The van der Waals surface area contributed by atoms with Gasteiger partial charge in [-0.3, -0.25) is 4.79 Å². The van der Waals surface area contributed by atoms with E-state index in [0.717, 1.165) is 17.7 Å². The molecule has 3 nitrogen and oxygen atoms in total. The lowest BCUT2D eigenvalue weighted by atomic mass is 10.1. The van der Waals surface area contributed by atoms with Gasteiger partial charge in [-0.15, -0.1) is 0 Å². The van der Waals surface area contributed by atoms with Crippen molar-refractivity contribution in [3.63, 3.8) is 0 Å². The fraction of sp³-hybridized carbons (Fsp3) is 0.235. The lowest BCUT2D eigenvalue weighted by molar-refractivity contribution is -0.137. The highest BCUT2D eigenvalue weighted by atomic mass is 35.5. The van der Waals surface area contributed by atoms with E-state index in [1.54, 1.807) is 12.1 Å². The van der Waals surface area contributed by atoms with Gasteiger partial charge in [0.05, 0.1) is 12.1 Å². The Morgan fingerprint density at radius 1 is 1.08 bits per heavy atom. The molecule has 0 atom stereocenters. The molecule has 0 aliphatic carbocycles. The molecule has 0 heterocycles. The van der Waals surface area contributed by atoms with Gasteiger partial charge in [0.15, 0.2) is 0 Å². The Hall–Kier alpha value is -2.05. The van der Waals surface area contributed by atoms with E-state index in [-0.39, 0.29) is 12.2 Å². The number of rotatable bonds is 6. The van der Waals surface area contributed by atoms with E-state index in [0.29, 0.717) is 18.0 Å². The average Bonchev–Trinajstić information content (AvgIpc) is 2.53. The molecule has 1 amide bonds. The summed E-state index contributed by atoms with van der Waals surface area (Å²) in [6, 6.07) is 11.9. The molecule has 0 radical (unpaired) electrons. The Morgan fingerprint density at radius 2 is 1.79 bits per heavy atom. The molecule has 0 fully saturated rings. The molecular formula is C17H16ClF3N2O. The first-order chi connectivity index (χ1) is 11.3. The molecule has 2 rings (SSSR count). The van der Waals surface area contributed by atoms with Crippen LogP contribution in [-0.2, 0) is 17.4 Å². The first-order valence-electron chi connectivity index (χ1n) is 7.27. The van der Waals surface area contributed by atoms with Crippen LogP contribution in [0.1, 0.15) is 11.1 Å². The van der Waals surface area contributed by atoms with E-state index < -0.39 is 17.6 Å². The summed E-state index contributed by atoms with van der Waals surface area (Å²) >= 11 is 5.79. The fourth-order valence-electron chi connectivity index (χ4n) is 2.06. The Balaban J connectivity index is 1.76. The second-order valence-corrected chi connectivity index (χ2v) is 5.62. The third-order valence-corrected chi connectivity index (χ3v) is 3.51. The van der Waals surface area contributed by atoms with Gasteiger partial charge in [0.25, 0.3) is 0 Å². The average molecular weight is 357 g/mol. The summed E-state index contributed by atoms with van der Waals surface area (Å²) in [5.74, 6) is -0.398. The Morgan fingerprint density at radius 3 is 2.46 bits per heavy atom. The molecule has 2 aromatic carbocycles. The number of carbonyl (C=O) groups excluding carboxylic acids is 1. The molecule has 0 aliphatic heterocycles. The lowest BCUT2D eigenvalue weighted by Gasteiger charge is -2.10. The van der Waals surface area contributed by atoms with Gasteiger partial charge in [-0.25, -0.2) is 0 Å². The first-order valence-corrected chi connectivity index (χ1v) is 7.64. The number of nitrogens with one attached hydrogen (secondary N) is 2. The molecule has 24 heavy (non-hydrogen) atoms. The van der Waals surface area contributed by atoms with Crippen LogP contribution in [-0.4, -0.2) is 19.0 Å². The summed E-state index contributed by atoms with van der Waals surface area (Å²) in [6.45, 7) is 0.585. The van der Waals surface area contributed by atoms with Gasteiger partial charge in [-0.2, -0.15) is 13.2 Å². The van der Waals surface area contributed by atoms with Crippen LogP contribution in [0.15, 0.2) is 48.5 Å². The van der Waals surface area contributed by atoms with E-state index in [4.69, 9.17) is 11.6 Å². The smallest absolute Gasteiger partial charge is 0.325 e. The van der Waals surface area contributed by atoms with Gasteiger partial charge >= 0.3 is 6.18 Å². The van der Waals surface area contributed by atoms with Crippen LogP contribution < -0.4 is 10.6 Å². The Kier molecular flexibility index (Phi) is 6.23. The minimum Gasteiger partial charge on any atom is -0.325 e. The van der Waals surface area contributed by atoms with Gasteiger partial charge in [0.1, 0.15) is 0 Å². The quantitative estimate of drug-likeness (QED) is 0.764. The fourth-order valence-corrected chi connectivity index (χ4v) is 2.19. The third kappa shape index (κ3) is 5.86. The van der Waals surface area contributed by atoms with E-state index in [1.807, 2.05) is 12.1 Å². The highest BCUT2D eigenvalue weighted by Crippen LogP contribution is 2.30. The summed E-state index contributed by atoms with van der Waals surface area (Å²) in [5.41, 5.74) is 0.399. The van der Waals surface area contributed by atoms with Gasteiger partial charge in [-0.1, -0.05) is 29.8 Å². The molecule has 0 saturated carbocycles. The SMILES string of the molecule is O=C(CNCCc1ccc(Cl)cc1)Nc1cccc(C(F)(F)F)c1. The Labute approximate surface area is 142 Å². The highest BCUT2D eigenvalue weighted by Gasteiger charge is 2.30. The molecule has 2 N–H and O–H groups in total. The molecule has 0 aliphatic rings. The maximum absolute atomic E-state index is 12.6. The maximum Gasteiger partial charge on any atom is 0.416 e. The zero-order chi connectivity index (χ0) is 17.6. The number of alkyl halides is 3.